The third kappa shape index (κ3) is 1.50. The number of aromatic amines is 1. The molecule has 2 aromatic rings. The van der Waals surface area contributed by atoms with Crippen LogP contribution in [-0.4, -0.2) is 4.98 Å². The number of pyridine rings is 1. The highest BCUT2D eigenvalue weighted by molar-refractivity contribution is 9.10. The number of H-pyrrole nitrogens is 1. The highest BCUT2D eigenvalue weighted by atomic mass is 79.9. The van der Waals surface area contributed by atoms with Gasteiger partial charge in [0.25, 0.3) is 5.56 Å². The lowest BCUT2D eigenvalue weighted by Gasteiger charge is -2.12. The molecule has 0 spiro atoms. The zero-order chi connectivity index (χ0) is 12.0. The van der Waals surface area contributed by atoms with Crippen LogP contribution < -0.4 is 5.56 Å². The number of halogens is 1. The molecule has 0 saturated carbocycles. The third-order valence-electron chi connectivity index (χ3n) is 3.16. The van der Waals surface area contributed by atoms with Crippen LogP contribution in [0.4, 0.5) is 0 Å². The Morgan fingerprint density at radius 2 is 1.69 bits per heavy atom. The topological polar surface area (TPSA) is 32.9 Å². The van der Waals surface area contributed by atoms with E-state index in [1.54, 1.807) is 0 Å². The predicted molar refractivity (Wildman–Crippen MR) is 71.2 cm³/mol. The van der Waals surface area contributed by atoms with Gasteiger partial charge >= 0.3 is 0 Å². The minimum absolute atomic E-state index is 0.00357. The first kappa shape index (κ1) is 11.4. The van der Waals surface area contributed by atoms with E-state index in [-0.39, 0.29) is 5.56 Å². The predicted octanol–water partition coefficient (Wildman–Crippen LogP) is 3.52. The molecule has 0 radical (unpaired) electrons. The summed E-state index contributed by atoms with van der Waals surface area (Å²) in [6.45, 7) is 7.94. The van der Waals surface area contributed by atoms with Gasteiger partial charge in [0, 0.05) is 15.4 Å². The van der Waals surface area contributed by atoms with Gasteiger partial charge < -0.3 is 4.98 Å². The Bertz CT molecular complexity index is 641. The van der Waals surface area contributed by atoms with Crippen LogP contribution in [0.25, 0.3) is 10.9 Å². The molecular weight excluding hydrogens is 266 g/mol. The molecule has 1 aromatic carbocycles. The number of fused-ring (bicyclic) bond motifs is 1. The van der Waals surface area contributed by atoms with Gasteiger partial charge in [-0.15, -0.1) is 0 Å². The van der Waals surface area contributed by atoms with Gasteiger partial charge in [0.15, 0.2) is 0 Å². The van der Waals surface area contributed by atoms with Gasteiger partial charge in [-0.05, 0) is 60.3 Å². The van der Waals surface area contributed by atoms with E-state index in [4.69, 9.17) is 0 Å². The van der Waals surface area contributed by atoms with Crippen LogP contribution in [0.3, 0.4) is 0 Å². The number of nitrogens with one attached hydrogen (secondary N) is 1. The maximum absolute atomic E-state index is 11.7. The summed E-state index contributed by atoms with van der Waals surface area (Å²) in [5, 5.41) is 1.12. The number of aromatic nitrogens is 1. The molecule has 1 N–H and O–H groups in total. The van der Waals surface area contributed by atoms with Crippen molar-refractivity contribution in [3.05, 3.63) is 43.1 Å². The van der Waals surface area contributed by atoms with Crippen LogP contribution in [0.2, 0.25) is 0 Å². The molecule has 0 aliphatic carbocycles. The summed E-state index contributed by atoms with van der Waals surface area (Å²) in [4.78, 5) is 14.7. The second kappa shape index (κ2) is 3.74. The van der Waals surface area contributed by atoms with Gasteiger partial charge in [-0.3, -0.25) is 4.79 Å². The number of hydrogen-bond donors (Lipinski definition) is 1. The Morgan fingerprint density at radius 3 is 2.31 bits per heavy atom. The largest absolute Gasteiger partial charge is 0.321 e. The SMILES string of the molecule is Cc1cc(C)c2[nH]c(=O)c(C)c(C)c2c1Br. The fourth-order valence-electron chi connectivity index (χ4n) is 2.04. The number of benzene rings is 1. The van der Waals surface area contributed by atoms with Crippen molar-refractivity contribution in [2.75, 3.05) is 0 Å². The van der Waals surface area contributed by atoms with Crippen LogP contribution >= 0.6 is 15.9 Å². The Kier molecular flexibility index (Phi) is 2.66. The molecule has 0 atom stereocenters. The van der Waals surface area contributed by atoms with Crippen molar-refractivity contribution in [2.45, 2.75) is 27.7 Å². The Labute approximate surface area is 103 Å². The third-order valence-corrected chi connectivity index (χ3v) is 4.18. The normalized spacial score (nSPS) is 11.1. The lowest BCUT2D eigenvalue weighted by Crippen LogP contribution is -2.12. The molecule has 0 amide bonds. The summed E-state index contributed by atoms with van der Waals surface area (Å²) < 4.78 is 1.07. The van der Waals surface area contributed by atoms with E-state index in [0.717, 1.165) is 32.1 Å². The van der Waals surface area contributed by atoms with Crippen molar-refractivity contribution in [3.63, 3.8) is 0 Å². The second-order valence-electron chi connectivity index (χ2n) is 4.28. The maximum Gasteiger partial charge on any atom is 0.251 e. The van der Waals surface area contributed by atoms with E-state index in [1.165, 1.54) is 5.56 Å². The van der Waals surface area contributed by atoms with Gasteiger partial charge in [0.2, 0.25) is 0 Å². The molecule has 0 saturated heterocycles. The summed E-state index contributed by atoms with van der Waals surface area (Å²) in [7, 11) is 0. The van der Waals surface area contributed by atoms with Gasteiger partial charge in [-0.2, -0.15) is 0 Å². The lowest BCUT2D eigenvalue weighted by molar-refractivity contribution is 1.18. The molecule has 2 nitrogen and oxygen atoms in total. The Balaban J connectivity index is 3.14. The smallest absolute Gasteiger partial charge is 0.251 e. The molecule has 0 aliphatic heterocycles. The Hall–Kier alpha value is -1.09. The van der Waals surface area contributed by atoms with Gasteiger partial charge in [-0.1, -0.05) is 6.07 Å². The van der Waals surface area contributed by atoms with Gasteiger partial charge in [0.1, 0.15) is 0 Å². The summed E-state index contributed by atoms with van der Waals surface area (Å²) in [5.74, 6) is 0. The van der Waals surface area contributed by atoms with Crippen molar-refractivity contribution in [1.82, 2.24) is 4.98 Å². The average molecular weight is 280 g/mol. The monoisotopic (exact) mass is 279 g/mol. The van der Waals surface area contributed by atoms with Crippen LogP contribution in [-0.2, 0) is 0 Å². The molecular formula is C13H14BrNO. The van der Waals surface area contributed by atoms with Gasteiger partial charge in [0.05, 0.1) is 5.52 Å². The quantitative estimate of drug-likeness (QED) is 0.786. The van der Waals surface area contributed by atoms with Crippen molar-refractivity contribution < 1.29 is 0 Å². The Morgan fingerprint density at radius 1 is 1.06 bits per heavy atom. The minimum Gasteiger partial charge on any atom is -0.321 e. The molecule has 1 heterocycles. The second-order valence-corrected chi connectivity index (χ2v) is 5.07. The first-order valence-corrected chi connectivity index (χ1v) is 6.01. The summed E-state index contributed by atoms with van der Waals surface area (Å²) in [6.07, 6.45) is 0. The molecule has 16 heavy (non-hydrogen) atoms. The average Bonchev–Trinajstić information content (AvgIpc) is 2.22. The zero-order valence-corrected chi connectivity index (χ0v) is 11.4. The minimum atomic E-state index is 0.00357. The van der Waals surface area contributed by atoms with Crippen LogP contribution in [0, 0.1) is 27.7 Å². The highest BCUT2D eigenvalue weighted by Crippen LogP contribution is 2.31. The van der Waals surface area contributed by atoms with Crippen molar-refractivity contribution in [3.8, 4) is 0 Å². The van der Waals surface area contributed by atoms with E-state index in [2.05, 4.69) is 33.9 Å². The van der Waals surface area contributed by atoms with E-state index < -0.39 is 0 Å². The van der Waals surface area contributed by atoms with Crippen LogP contribution in [0.5, 0.6) is 0 Å². The summed E-state index contributed by atoms with van der Waals surface area (Å²) in [5.41, 5.74) is 5.08. The number of aryl methyl sites for hydroxylation is 3. The number of rotatable bonds is 0. The molecule has 2 rings (SSSR count). The first-order chi connectivity index (χ1) is 7.43. The van der Waals surface area contributed by atoms with E-state index in [1.807, 2.05) is 20.8 Å². The standard InChI is InChI=1S/C13H14BrNO/c1-6-5-7(2)12-10(11(6)14)8(3)9(4)13(16)15-12/h5H,1-4H3,(H,15,16). The van der Waals surface area contributed by atoms with E-state index in [9.17, 15) is 4.79 Å². The van der Waals surface area contributed by atoms with Crippen molar-refractivity contribution >= 4 is 26.8 Å². The molecule has 0 fully saturated rings. The first-order valence-electron chi connectivity index (χ1n) is 5.22. The highest BCUT2D eigenvalue weighted by Gasteiger charge is 2.11. The molecule has 0 unspecified atom stereocenters. The van der Waals surface area contributed by atoms with E-state index in [0.29, 0.717) is 0 Å². The van der Waals surface area contributed by atoms with E-state index >= 15 is 0 Å². The van der Waals surface area contributed by atoms with Gasteiger partial charge in [-0.25, -0.2) is 0 Å². The van der Waals surface area contributed by atoms with Crippen molar-refractivity contribution in [1.29, 1.82) is 0 Å². The van der Waals surface area contributed by atoms with Crippen LogP contribution in [0.1, 0.15) is 22.3 Å². The molecule has 84 valence electrons. The zero-order valence-electron chi connectivity index (χ0n) is 9.86. The fourth-order valence-corrected chi connectivity index (χ4v) is 2.65. The fraction of sp³-hybridized carbons (Fsp3) is 0.308. The molecule has 0 aliphatic rings. The van der Waals surface area contributed by atoms with Crippen molar-refractivity contribution in [2.24, 2.45) is 0 Å². The summed E-state index contributed by atoms with van der Waals surface area (Å²) in [6, 6.07) is 2.08. The molecule has 3 heteroatoms. The number of hydrogen-bond acceptors (Lipinski definition) is 1. The van der Waals surface area contributed by atoms with Crippen LogP contribution in [0.15, 0.2) is 15.3 Å². The molecule has 1 aromatic heterocycles. The molecule has 0 bridgehead atoms. The lowest BCUT2D eigenvalue weighted by atomic mass is 10.0. The maximum atomic E-state index is 11.7. The summed E-state index contributed by atoms with van der Waals surface area (Å²) >= 11 is 3.60.